The molecule has 0 spiro atoms. The number of pyridine rings is 1. The summed E-state index contributed by atoms with van der Waals surface area (Å²) in [7, 11) is 0. The molecule has 4 rings (SSSR count). The van der Waals surface area contributed by atoms with Crippen LogP contribution < -0.4 is 10.2 Å². The largest absolute Gasteiger partial charge is 0.355 e. The van der Waals surface area contributed by atoms with Gasteiger partial charge in [-0.2, -0.15) is 0 Å². The first-order chi connectivity index (χ1) is 12.6. The average molecular weight is 364 g/mol. The van der Waals surface area contributed by atoms with E-state index >= 15 is 0 Å². The summed E-state index contributed by atoms with van der Waals surface area (Å²) in [6.45, 7) is 2.06. The molecular formula is C21H18ClN3O. The summed E-state index contributed by atoms with van der Waals surface area (Å²) >= 11 is 5.92. The summed E-state index contributed by atoms with van der Waals surface area (Å²) in [5.41, 5.74) is 4.31. The third kappa shape index (κ3) is 3.16. The highest BCUT2D eigenvalue weighted by Crippen LogP contribution is 2.33. The van der Waals surface area contributed by atoms with E-state index in [0.717, 1.165) is 23.5 Å². The molecule has 5 heteroatoms. The molecule has 1 aliphatic rings. The van der Waals surface area contributed by atoms with Crippen LogP contribution in [0.2, 0.25) is 5.02 Å². The first kappa shape index (κ1) is 16.6. The first-order valence-electron chi connectivity index (χ1n) is 8.52. The molecule has 1 aliphatic heterocycles. The average Bonchev–Trinajstić information content (AvgIpc) is 2.99. The maximum Gasteiger partial charge on any atom is 0.277 e. The van der Waals surface area contributed by atoms with E-state index in [-0.39, 0.29) is 11.9 Å². The SMILES string of the molecule is CC1Cc2ccccc2N1C(=O)c1cc(Nc2ccc(Cl)cc2)ccn1. The Morgan fingerprint density at radius 1 is 1.12 bits per heavy atom. The Bertz CT molecular complexity index is 955. The molecule has 2 heterocycles. The van der Waals surface area contributed by atoms with Crippen LogP contribution in [-0.4, -0.2) is 16.9 Å². The summed E-state index contributed by atoms with van der Waals surface area (Å²) in [5.74, 6) is -0.0813. The highest BCUT2D eigenvalue weighted by molar-refractivity contribution is 6.30. The van der Waals surface area contributed by atoms with Crippen molar-refractivity contribution in [1.82, 2.24) is 4.98 Å². The molecule has 0 aliphatic carbocycles. The Labute approximate surface area is 157 Å². The topological polar surface area (TPSA) is 45.2 Å². The molecule has 4 nitrogen and oxygen atoms in total. The number of amides is 1. The van der Waals surface area contributed by atoms with E-state index in [2.05, 4.69) is 23.3 Å². The van der Waals surface area contributed by atoms with Gasteiger partial charge >= 0.3 is 0 Å². The van der Waals surface area contributed by atoms with Crippen LogP contribution in [0.3, 0.4) is 0 Å². The van der Waals surface area contributed by atoms with E-state index in [0.29, 0.717) is 10.7 Å². The fourth-order valence-electron chi connectivity index (χ4n) is 3.32. The number of nitrogens with one attached hydrogen (secondary N) is 1. The number of carbonyl (C=O) groups excluding carboxylic acids is 1. The maximum absolute atomic E-state index is 13.1. The van der Waals surface area contributed by atoms with Gasteiger partial charge in [-0.1, -0.05) is 29.8 Å². The number of nitrogens with zero attached hydrogens (tertiary/aromatic N) is 2. The van der Waals surface area contributed by atoms with Crippen molar-refractivity contribution in [3.8, 4) is 0 Å². The molecule has 26 heavy (non-hydrogen) atoms. The number of rotatable bonds is 3. The van der Waals surface area contributed by atoms with Gasteiger partial charge in [0.05, 0.1) is 0 Å². The standard InChI is InChI=1S/C21H18ClN3O/c1-14-12-15-4-2-3-5-20(15)25(14)21(26)19-13-18(10-11-23-19)24-17-8-6-16(22)7-9-17/h2-11,13-14H,12H2,1H3,(H,23,24). The van der Waals surface area contributed by atoms with Crippen LogP contribution in [0.15, 0.2) is 66.9 Å². The van der Waals surface area contributed by atoms with Crippen molar-refractivity contribution in [2.75, 3.05) is 10.2 Å². The second-order valence-electron chi connectivity index (χ2n) is 6.42. The number of para-hydroxylation sites is 1. The lowest BCUT2D eigenvalue weighted by Gasteiger charge is -2.22. The van der Waals surface area contributed by atoms with Crippen LogP contribution in [0.4, 0.5) is 17.1 Å². The summed E-state index contributed by atoms with van der Waals surface area (Å²) in [4.78, 5) is 19.2. The minimum absolute atomic E-state index is 0.0813. The Hall–Kier alpha value is -2.85. The van der Waals surface area contributed by atoms with Crippen molar-refractivity contribution in [3.63, 3.8) is 0 Å². The molecule has 1 unspecified atom stereocenters. The zero-order valence-corrected chi connectivity index (χ0v) is 15.1. The van der Waals surface area contributed by atoms with Crippen LogP contribution in [-0.2, 0) is 6.42 Å². The molecule has 1 amide bonds. The van der Waals surface area contributed by atoms with Gasteiger partial charge in [-0.05, 0) is 61.4 Å². The van der Waals surface area contributed by atoms with Gasteiger partial charge in [-0.3, -0.25) is 9.78 Å². The third-order valence-electron chi connectivity index (χ3n) is 4.54. The van der Waals surface area contributed by atoms with Crippen molar-refractivity contribution in [3.05, 3.63) is 83.1 Å². The molecule has 0 radical (unpaired) electrons. The van der Waals surface area contributed by atoms with Gasteiger partial charge in [-0.15, -0.1) is 0 Å². The molecule has 1 atom stereocenters. The lowest BCUT2D eigenvalue weighted by atomic mass is 10.1. The number of carbonyl (C=O) groups is 1. The molecule has 0 bridgehead atoms. The van der Waals surface area contributed by atoms with E-state index < -0.39 is 0 Å². The van der Waals surface area contributed by atoms with Gasteiger partial charge in [0.25, 0.3) is 5.91 Å². The number of fused-ring (bicyclic) bond motifs is 1. The molecule has 0 saturated carbocycles. The molecule has 1 N–H and O–H groups in total. The number of hydrogen-bond donors (Lipinski definition) is 1. The van der Waals surface area contributed by atoms with Crippen molar-refractivity contribution in [2.45, 2.75) is 19.4 Å². The van der Waals surface area contributed by atoms with Crippen LogP contribution in [0.5, 0.6) is 0 Å². The lowest BCUT2D eigenvalue weighted by Crippen LogP contribution is -2.36. The predicted molar refractivity (Wildman–Crippen MR) is 105 cm³/mol. The number of halogens is 1. The minimum Gasteiger partial charge on any atom is -0.355 e. The smallest absolute Gasteiger partial charge is 0.277 e. The van der Waals surface area contributed by atoms with Crippen LogP contribution in [0.1, 0.15) is 23.0 Å². The van der Waals surface area contributed by atoms with E-state index in [9.17, 15) is 4.79 Å². The van der Waals surface area contributed by atoms with Crippen molar-refractivity contribution in [2.24, 2.45) is 0 Å². The van der Waals surface area contributed by atoms with Crippen LogP contribution >= 0.6 is 11.6 Å². The fourth-order valence-corrected chi connectivity index (χ4v) is 3.45. The highest BCUT2D eigenvalue weighted by atomic mass is 35.5. The van der Waals surface area contributed by atoms with Crippen LogP contribution in [0, 0.1) is 0 Å². The quantitative estimate of drug-likeness (QED) is 0.706. The van der Waals surface area contributed by atoms with Gasteiger partial charge < -0.3 is 10.2 Å². The normalized spacial score (nSPS) is 15.6. The number of hydrogen-bond acceptors (Lipinski definition) is 3. The van der Waals surface area contributed by atoms with E-state index in [1.807, 2.05) is 53.4 Å². The Kier molecular flexibility index (Phi) is 4.35. The summed E-state index contributed by atoms with van der Waals surface area (Å²) < 4.78 is 0. The summed E-state index contributed by atoms with van der Waals surface area (Å²) in [5, 5.41) is 3.96. The Balaban J connectivity index is 1.60. The zero-order chi connectivity index (χ0) is 18.1. The Morgan fingerprint density at radius 2 is 1.88 bits per heavy atom. The second kappa shape index (κ2) is 6.81. The number of anilines is 3. The van der Waals surface area contributed by atoms with Gasteiger partial charge in [-0.25, -0.2) is 0 Å². The molecule has 3 aromatic rings. The molecule has 2 aromatic carbocycles. The van der Waals surface area contributed by atoms with Gasteiger partial charge in [0.1, 0.15) is 5.69 Å². The van der Waals surface area contributed by atoms with E-state index in [1.54, 1.807) is 12.3 Å². The molecule has 1 aromatic heterocycles. The van der Waals surface area contributed by atoms with Gasteiger partial charge in [0.2, 0.25) is 0 Å². The Morgan fingerprint density at radius 3 is 2.69 bits per heavy atom. The molecule has 0 fully saturated rings. The van der Waals surface area contributed by atoms with Gasteiger partial charge in [0.15, 0.2) is 0 Å². The van der Waals surface area contributed by atoms with E-state index in [4.69, 9.17) is 11.6 Å². The molecule has 0 saturated heterocycles. The molecule has 130 valence electrons. The molecular weight excluding hydrogens is 346 g/mol. The minimum atomic E-state index is -0.0813. The fraction of sp³-hybridized carbons (Fsp3) is 0.143. The number of benzene rings is 2. The van der Waals surface area contributed by atoms with Crippen molar-refractivity contribution >= 4 is 34.6 Å². The zero-order valence-electron chi connectivity index (χ0n) is 14.3. The third-order valence-corrected chi connectivity index (χ3v) is 4.79. The monoisotopic (exact) mass is 363 g/mol. The van der Waals surface area contributed by atoms with Crippen molar-refractivity contribution in [1.29, 1.82) is 0 Å². The maximum atomic E-state index is 13.1. The predicted octanol–water partition coefficient (Wildman–Crippen LogP) is 5.07. The van der Waals surface area contributed by atoms with E-state index in [1.165, 1.54) is 5.56 Å². The highest BCUT2D eigenvalue weighted by Gasteiger charge is 2.31. The number of aromatic nitrogens is 1. The van der Waals surface area contributed by atoms with Crippen molar-refractivity contribution < 1.29 is 4.79 Å². The summed E-state index contributed by atoms with van der Waals surface area (Å²) in [6.07, 6.45) is 2.52. The summed E-state index contributed by atoms with van der Waals surface area (Å²) in [6, 6.07) is 19.2. The second-order valence-corrected chi connectivity index (χ2v) is 6.86. The lowest BCUT2D eigenvalue weighted by molar-refractivity contribution is 0.0976. The van der Waals surface area contributed by atoms with Gasteiger partial charge in [0, 0.05) is 34.3 Å². The van der Waals surface area contributed by atoms with Crippen LogP contribution in [0.25, 0.3) is 0 Å². The first-order valence-corrected chi connectivity index (χ1v) is 8.90.